The van der Waals surface area contributed by atoms with E-state index >= 15 is 0 Å². The third-order valence-electron chi connectivity index (χ3n) is 3.17. The van der Waals surface area contributed by atoms with Gasteiger partial charge in [-0.3, -0.25) is 24.7 Å². The lowest BCUT2D eigenvalue weighted by Crippen LogP contribution is -2.14. The Morgan fingerprint density at radius 2 is 2.25 bits per heavy atom. The van der Waals surface area contributed by atoms with Crippen molar-refractivity contribution in [1.82, 2.24) is 20.0 Å². The summed E-state index contributed by atoms with van der Waals surface area (Å²) in [5, 5.41) is 23.9. The second-order valence-electron chi connectivity index (χ2n) is 4.90. The third-order valence-corrected chi connectivity index (χ3v) is 3.37. The van der Waals surface area contributed by atoms with E-state index in [4.69, 9.17) is 11.6 Å². The number of aromatic nitrogens is 4. The highest BCUT2D eigenvalue weighted by Gasteiger charge is 2.22. The zero-order valence-electron chi connectivity index (χ0n) is 12.1. The number of amides is 1. The molecule has 9 nitrogen and oxygen atoms in total. The molecule has 2 aromatic heterocycles. The first-order valence-electron chi connectivity index (χ1n) is 6.79. The summed E-state index contributed by atoms with van der Waals surface area (Å²) in [4.78, 5) is 22.3. The molecule has 1 amide bonds. The molecule has 3 aromatic rings. The van der Waals surface area contributed by atoms with Crippen LogP contribution in [0.2, 0.25) is 5.02 Å². The highest BCUT2D eigenvalue weighted by molar-refractivity contribution is 6.30. The minimum absolute atomic E-state index is 0.204. The zero-order valence-corrected chi connectivity index (χ0v) is 12.9. The molecule has 0 spiro atoms. The van der Waals surface area contributed by atoms with Gasteiger partial charge in [-0.15, -0.1) is 0 Å². The maximum atomic E-state index is 12.2. The summed E-state index contributed by atoms with van der Waals surface area (Å²) in [5.74, 6) is -0.640. The zero-order chi connectivity index (χ0) is 17.1. The molecule has 2 heterocycles. The van der Waals surface area contributed by atoms with Gasteiger partial charge in [-0.2, -0.15) is 10.2 Å². The van der Waals surface area contributed by atoms with E-state index in [0.29, 0.717) is 17.3 Å². The Morgan fingerprint density at radius 1 is 1.42 bits per heavy atom. The summed E-state index contributed by atoms with van der Waals surface area (Å²) < 4.78 is 1.66. The first-order valence-corrected chi connectivity index (χ1v) is 7.17. The van der Waals surface area contributed by atoms with Crippen LogP contribution in [0.3, 0.4) is 0 Å². The van der Waals surface area contributed by atoms with E-state index < -0.39 is 10.8 Å². The Kier molecular flexibility index (Phi) is 4.25. The van der Waals surface area contributed by atoms with Crippen LogP contribution in [-0.4, -0.2) is 30.8 Å². The molecule has 0 bridgehead atoms. The van der Waals surface area contributed by atoms with Crippen molar-refractivity contribution in [2.45, 2.75) is 6.54 Å². The molecule has 24 heavy (non-hydrogen) atoms. The molecule has 2 N–H and O–H groups in total. The number of hydrogen-bond acceptors (Lipinski definition) is 5. The maximum Gasteiger partial charge on any atom is 0.319 e. The van der Waals surface area contributed by atoms with Gasteiger partial charge in [-0.25, -0.2) is 0 Å². The van der Waals surface area contributed by atoms with Crippen LogP contribution in [0.1, 0.15) is 16.1 Å². The number of anilines is 1. The Labute approximate surface area is 140 Å². The van der Waals surface area contributed by atoms with Crippen LogP contribution < -0.4 is 5.32 Å². The van der Waals surface area contributed by atoms with Crippen molar-refractivity contribution in [2.24, 2.45) is 0 Å². The number of aromatic amines is 1. The molecule has 0 atom stereocenters. The summed E-state index contributed by atoms with van der Waals surface area (Å²) in [5.41, 5.74) is 0.797. The molecule has 1 aromatic carbocycles. The van der Waals surface area contributed by atoms with Crippen LogP contribution in [0.25, 0.3) is 0 Å². The van der Waals surface area contributed by atoms with Gasteiger partial charge in [0.2, 0.25) is 5.69 Å². The van der Waals surface area contributed by atoms with Crippen molar-refractivity contribution >= 4 is 28.9 Å². The maximum absolute atomic E-state index is 12.2. The van der Waals surface area contributed by atoms with E-state index in [1.54, 1.807) is 29.1 Å². The van der Waals surface area contributed by atoms with Crippen molar-refractivity contribution in [3.05, 3.63) is 69.3 Å². The summed E-state index contributed by atoms with van der Waals surface area (Å²) >= 11 is 5.82. The second-order valence-corrected chi connectivity index (χ2v) is 5.33. The quantitative estimate of drug-likeness (QED) is 0.543. The molecule has 10 heteroatoms. The number of halogens is 1. The molecular formula is C14H11ClN6O3. The number of nitro groups is 1. The van der Waals surface area contributed by atoms with Gasteiger partial charge in [-0.1, -0.05) is 23.7 Å². The standard InChI is InChI=1S/C14H11ClN6O3/c15-10-5-17-20(8-10)7-9-2-1-3-11(4-9)18-14(22)13-12(21(23)24)6-16-19-13/h1-6,8H,7H2,(H,16,19)(H,18,22). The first-order chi connectivity index (χ1) is 11.5. The molecule has 122 valence electrons. The summed E-state index contributed by atoms with van der Waals surface area (Å²) in [7, 11) is 0. The van der Waals surface area contributed by atoms with Gasteiger partial charge in [0.1, 0.15) is 6.20 Å². The van der Waals surface area contributed by atoms with Crippen molar-refractivity contribution in [3.8, 4) is 0 Å². The Bertz CT molecular complexity index is 903. The summed E-state index contributed by atoms with van der Waals surface area (Å²) in [6.45, 7) is 0.473. The van der Waals surface area contributed by atoms with E-state index in [9.17, 15) is 14.9 Å². The van der Waals surface area contributed by atoms with E-state index in [-0.39, 0.29) is 11.4 Å². The van der Waals surface area contributed by atoms with E-state index in [2.05, 4.69) is 20.6 Å². The number of rotatable bonds is 5. The van der Waals surface area contributed by atoms with Crippen molar-refractivity contribution < 1.29 is 9.72 Å². The smallest absolute Gasteiger partial charge is 0.319 e. The highest BCUT2D eigenvalue weighted by Crippen LogP contribution is 2.18. The lowest BCUT2D eigenvalue weighted by atomic mass is 10.2. The van der Waals surface area contributed by atoms with E-state index in [1.165, 1.54) is 6.20 Å². The summed E-state index contributed by atoms with van der Waals surface area (Å²) in [6.07, 6.45) is 4.21. The molecular weight excluding hydrogens is 336 g/mol. The van der Waals surface area contributed by atoms with Gasteiger partial charge in [0.15, 0.2) is 0 Å². The minimum Gasteiger partial charge on any atom is -0.320 e. The predicted octanol–water partition coefficient (Wildman–Crippen LogP) is 2.47. The fourth-order valence-corrected chi connectivity index (χ4v) is 2.29. The molecule has 0 saturated carbocycles. The molecule has 0 aliphatic heterocycles. The molecule has 3 rings (SSSR count). The molecule has 0 radical (unpaired) electrons. The first kappa shape index (κ1) is 15.7. The average Bonchev–Trinajstić information content (AvgIpc) is 3.16. The minimum atomic E-state index is -0.670. The monoisotopic (exact) mass is 346 g/mol. The van der Waals surface area contributed by atoms with Gasteiger partial charge in [0, 0.05) is 11.9 Å². The molecule has 0 unspecified atom stereocenters. The van der Waals surface area contributed by atoms with Gasteiger partial charge >= 0.3 is 5.69 Å². The van der Waals surface area contributed by atoms with Crippen LogP contribution in [0.15, 0.2) is 42.9 Å². The molecule has 0 aliphatic carbocycles. The van der Waals surface area contributed by atoms with Crippen LogP contribution in [-0.2, 0) is 6.54 Å². The van der Waals surface area contributed by atoms with Crippen molar-refractivity contribution in [2.75, 3.05) is 5.32 Å². The fourth-order valence-electron chi connectivity index (χ4n) is 2.14. The van der Waals surface area contributed by atoms with Gasteiger partial charge in [-0.05, 0) is 17.7 Å². The fraction of sp³-hybridized carbons (Fsp3) is 0.0714. The summed E-state index contributed by atoms with van der Waals surface area (Å²) in [6, 6.07) is 7.05. The molecule has 0 saturated heterocycles. The van der Waals surface area contributed by atoms with Crippen molar-refractivity contribution in [3.63, 3.8) is 0 Å². The second kappa shape index (κ2) is 6.50. The Hall–Kier alpha value is -3.20. The van der Waals surface area contributed by atoms with Gasteiger partial charge < -0.3 is 5.32 Å². The predicted molar refractivity (Wildman–Crippen MR) is 86.0 cm³/mol. The molecule has 0 aliphatic rings. The van der Waals surface area contributed by atoms with Crippen LogP contribution >= 0.6 is 11.6 Å². The lowest BCUT2D eigenvalue weighted by Gasteiger charge is -2.07. The number of H-pyrrole nitrogens is 1. The number of hydrogen-bond donors (Lipinski definition) is 2. The van der Waals surface area contributed by atoms with Gasteiger partial charge in [0.25, 0.3) is 5.91 Å². The largest absolute Gasteiger partial charge is 0.320 e. The Morgan fingerprint density at radius 3 is 2.96 bits per heavy atom. The number of nitrogens with zero attached hydrogens (tertiary/aromatic N) is 4. The average molecular weight is 347 g/mol. The topological polar surface area (TPSA) is 119 Å². The normalized spacial score (nSPS) is 10.5. The van der Waals surface area contributed by atoms with Crippen molar-refractivity contribution in [1.29, 1.82) is 0 Å². The molecule has 0 fully saturated rings. The van der Waals surface area contributed by atoms with E-state index in [0.717, 1.165) is 11.8 Å². The van der Waals surface area contributed by atoms with Crippen LogP contribution in [0.4, 0.5) is 11.4 Å². The third kappa shape index (κ3) is 3.41. The van der Waals surface area contributed by atoms with Crippen LogP contribution in [0, 0.1) is 10.1 Å². The number of carbonyl (C=O) groups excluding carboxylic acids is 1. The van der Waals surface area contributed by atoms with Gasteiger partial charge in [0.05, 0.1) is 22.7 Å². The lowest BCUT2D eigenvalue weighted by molar-refractivity contribution is -0.385. The number of carbonyl (C=O) groups is 1. The number of benzene rings is 1. The number of nitrogens with one attached hydrogen (secondary N) is 2. The van der Waals surface area contributed by atoms with E-state index in [1.807, 2.05) is 6.07 Å². The Balaban J connectivity index is 1.75. The SMILES string of the molecule is O=C(Nc1cccc(Cn2cc(Cl)cn2)c1)c1[nH]ncc1[N+](=O)[O-]. The highest BCUT2D eigenvalue weighted by atomic mass is 35.5. The van der Waals surface area contributed by atoms with Crippen LogP contribution in [0.5, 0.6) is 0 Å².